The van der Waals surface area contributed by atoms with Crippen molar-refractivity contribution in [1.29, 1.82) is 0 Å². The molecule has 6 fully saturated rings. The number of benzene rings is 3. The summed E-state index contributed by atoms with van der Waals surface area (Å²) in [7, 11) is -2.94. The van der Waals surface area contributed by atoms with E-state index in [1.807, 2.05) is 43.6 Å². The SMILES string of the molecule is COc1cc([C@H](C)N2CCN(C3CC4(CCN(c5ccc(C(=O)NS(=O)(=O)c6ccc(NCC7CCC(C)(O)CC7)c([N+](=O)[O-])c6)c(N6c7cc8cc[nH]c8nc7O[C@H]7COCC[C@@H]76)c5)CC4)C3)[C@@H](c3ccccc3OC(C)C)C2)cnc1N1CCOCC1. The molecule has 3 aromatic heterocycles. The van der Waals surface area contributed by atoms with Crippen molar-refractivity contribution in [3.05, 3.63) is 118 Å². The van der Waals surface area contributed by atoms with E-state index in [1.54, 1.807) is 13.2 Å². The number of aromatic nitrogens is 3. The average Bonchev–Trinajstić information content (AvgIpc) is 1.27. The maximum atomic E-state index is 14.9. The van der Waals surface area contributed by atoms with Crippen LogP contribution in [0.1, 0.15) is 119 Å². The van der Waals surface area contributed by atoms with E-state index in [-0.39, 0.29) is 53.4 Å². The van der Waals surface area contributed by atoms with Gasteiger partial charge in [-0.05, 0) is 157 Å². The fourth-order valence-electron chi connectivity index (χ4n) is 14.9. The van der Waals surface area contributed by atoms with Crippen LogP contribution in [0.5, 0.6) is 17.4 Å². The van der Waals surface area contributed by atoms with Crippen LogP contribution >= 0.6 is 0 Å². The molecule has 7 aliphatic rings. The number of morpholine rings is 1. The number of aromatic amines is 1. The van der Waals surface area contributed by atoms with Crippen molar-refractivity contribution in [1.82, 2.24) is 29.5 Å². The summed E-state index contributed by atoms with van der Waals surface area (Å²) in [5.41, 5.74) is 4.22. The van der Waals surface area contributed by atoms with Gasteiger partial charge < -0.3 is 53.8 Å². The second kappa shape index (κ2) is 24.8. The number of pyridine rings is 2. The van der Waals surface area contributed by atoms with E-state index in [0.29, 0.717) is 74.6 Å². The van der Waals surface area contributed by atoms with Crippen molar-refractivity contribution in [3.63, 3.8) is 0 Å². The topological polar surface area (TPSA) is 243 Å². The molecule has 23 heteroatoms. The highest BCUT2D eigenvalue weighted by molar-refractivity contribution is 7.90. The molecule has 474 valence electrons. The van der Waals surface area contributed by atoms with E-state index in [0.717, 1.165) is 124 Å². The zero-order valence-electron chi connectivity index (χ0n) is 51.6. The number of rotatable bonds is 17. The molecular formula is C66H83N11O11S. The number of hydrogen-bond donors (Lipinski definition) is 4. The molecule has 89 heavy (non-hydrogen) atoms. The molecule has 4 saturated heterocycles. The van der Waals surface area contributed by atoms with Crippen LogP contribution < -0.4 is 38.9 Å². The minimum absolute atomic E-state index is 0.0179. The summed E-state index contributed by atoms with van der Waals surface area (Å²) in [5, 5.41) is 26.9. The molecular weight excluding hydrogens is 1150 g/mol. The summed E-state index contributed by atoms with van der Waals surface area (Å²) < 4.78 is 61.7. The maximum Gasteiger partial charge on any atom is 0.293 e. The number of hydrogen-bond acceptors (Lipinski definition) is 19. The predicted octanol–water partition coefficient (Wildman–Crippen LogP) is 9.53. The van der Waals surface area contributed by atoms with Crippen molar-refractivity contribution in [2.24, 2.45) is 11.3 Å². The van der Waals surface area contributed by atoms with E-state index in [4.69, 9.17) is 33.7 Å². The molecule has 3 aromatic carbocycles. The molecule has 4 atom stereocenters. The average molecular weight is 1240 g/mol. The number of carbonyl (C=O) groups is 1. The van der Waals surface area contributed by atoms with Gasteiger partial charge in [0.15, 0.2) is 11.6 Å². The summed E-state index contributed by atoms with van der Waals surface area (Å²) in [4.78, 5) is 51.4. The van der Waals surface area contributed by atoms with Crippen LogP contribution in [0, 0.1) is 21.4 Å². The Morgan fingerprint density at radius 3 is 2.44 bits per heavy atom. The van der Waals surface area contributed by atoms with Crippen LogP contribution in [-0.4, -0.2) is 165 Å². The second-order valence-corrected chi connectivity index (χ2v) is 27.8. The quantitative estimate of drug-likeness (QED) is 0.0491. The number of H-pyrrole nitrogens is 1. The van der Waals surface area contributed by atoms with Crippen LogP contribution in [0.3, 0.4) is 0 Å². The Bertz CT molecular complexity index is 3680. The normalized spacial score (nSPS) is 24.6. The molecule has 0 bridgehead atoms. The third-order valence-corrected chi connectivity index (χ3v) is 21.4. The molecule has 2 saturated carbocycles. The smallest absolute Gasteiger partial charge is 0.293 e. The number of fused-ring (bicyclic) bond motifs is 3. The molecule has 6 aromatic rings. The lowest BCUT2D eigenvalue weighted by atomic mass is 9.59. The second-order valence-electron chi connectivity index (χ2n) is 26.2. The number of piperidine rings is 1. The Labute approximate surface area is 520 Å². The largest absolute Gasteiger partial charge is 0.493 e. The first-order valence-electron chi connectivity index (χ1n) is 31.8. The van der Waals surface area contributed by atoms with Gasteiger partial charge in [0.2, 0.25) is 5.88 Å². The van der Waals surface area contributed by atoms with E-state index in [2.05, 4.69) is 90.6 Å². The third kappa shape index (κ3) is 12.4. The van der Waals surface area contributed by atoms with E-state index < -0.39 is 43.1 Å². The molecule has 22 nitrogen and oxygen atoms in total. The number of para-hydroxylation sites is 1. The van der Waals surface area contributed by atoms with Gasteiger partial charge in [0.05, 0.1) is 71.8 Å². The van der Waals surface area contributed by atoms with Gasteiger partial charge in [-0.1, -0.05) is 18.2 Å². The number of aliphatic hydroxyl groups is 1. The number of piperazine rings is 1. The molecule has 13 rings (SSSR count). The molecule has 1 spiro atoms. The van der Waals surface area contributed by atoms with Gasteiger partial charge >= 0.3 is 0 Å². The number of nitrogens with zero attached hydrogens (tertiary/aromatic N) is 8. The summed E-state index contributed by atoms with van der Waals surface area (Å²) in [6, 6.07) is 24.1. The Morgan fingerprint density at radius 2 is 1.67 bits per heavy atom. The first-order valence-corrected chi connectivity index (χ1v) is 33.2. The minimum atomic E-state index is -4.66. The summed E-state index contributed by atoms with van der Waals surface area (Å²) >= 11 is 0. The lowest BCUT2D eigenvalue weighted by Gasteiger charge is -2.58. The third-order valence-electron chi connectivity index (χ3n) is 20.1. The molecule has 0 unspecified atom stereocenters. The molecule has 1 amide bonds. The number of carbonyl (C=O) groups excluding carboxylic acids is 1. The van der Waals surface area contributed by atoms with Gasteiger partial charge in [-0.2, -0.15) is 4.98 Å². The number of nitrogens with one attached hydrogen (secondary N) is 3. The molecule has 2 aliphatic carbocycles. The Hall–Kier alpha value is -7.28. The zero-order chi connectivity index (χ0) is 61.8. The summed E-state index contributed by atoms with van der Waals surface area (Å²) in [6.45, 7) is 16.5. The van der Waals surface area contributed by atoms with Crippen molar-refractivity contribution in [3.8, 4) is 17.4 Å². The van der Waals surface area contributed by atoms with E-state index in [1.165, 1.54) is 17.7 Å². The summed E-state index contributed by atoms with van der Waals surface area (Å²) in [6.07, 6.45) is 10.8. The first kappa shape index (κ1) is 60.6. The van der Waals surface area contributed by atoms with E-state index >= 15 is 0 Å². The minimum Gasteiger partial charge on any atom is -0.493 e. The predicted molar refractivity (Wildman–Crippen MR) is 339 cm³/mol. The lowest BCUT2D eigenvalue weighted by Crippen LogP contribution is -2.60. The standard InChI is InChI=1S/C66H83N11O11S/c1-42(2)87-58-9-7-6-8-50(58)57-40-74(43(3)46-33-59(84-5)62(69-39-46)73-27-30-85-31-28-73)25-26-75(57)48-36-66(37-48)20-23-72(24-21-66)47-10-12-51(54(34-47)76-53-17-29-86-41-60(53)88-64-56(76)32-45-16-22-67-61(45)70-64)63(78)71-89(82,83)49-11-13-52(55(35-49)77(80)81)68-38-44-14-18-65(4,79)19-15-44/h6-13,16,22,32-35,39,42-44,48,53,57,60,68,79H,14-15,17-21,23-31,36-38,40-41H2,1-5H3,(H,67,70)(H,71,78)/t43-,44?,53-,57+,60-,65?/m0/s1. The highest BCUT2D eigenvalue weighted by Gasteiger charge is 2.51. The molecule has 5 aliphatic heterocycles. The highest BCUT2D eigenvalue weighted by atomic mass is 32.2. The fraction of sp³-hybridized carbons (Fsp3) is 0.530. The van der Waals surface area contributed by atoms with Gasteiger partial charge in [-0.3, -0.25) is 24.7 Å². The van der Waals surface area contributed by atoms with Gasteiger partial charge in [0.25, 0.3) is 21.6 Å². The molecule has 8 heterocycles. The van der Waals surface area contributed by atoms with Crippen LogP contribution in [0.4, 0.5) is 34.3 Å². The monoisotopic (exact) mass is 1240 g/mol. The number of anilines is 5. The fourth-order valence-corrected chi connectivity index (χ4v) is 15.9. The van der Waals surface area contributed by atoms with E-state index in [9.17, 15) is 28.4 Å². The van der Waals surface area contributed by atoms with Crippen LogP contribution in [0.15, 0.2) is 96.2 Å². The van der Waals surface area contributed by atoms with Gasteiger partial charge in [0.1, 0.15) is 28.9 Å². The van der Waals surface area contributed by atoms with Crippen molar-refractivity contribution in [2.75, 3.05) is 106 Å². The molecule has 0 radical (unpaired) electrons. The number of amides is 1. The zero-order valence-corrected chi connectivity index (χ0v) is 52.4. The number of nitro benzene ring substituents is 1. The van der Waals surface area contributed by atoms with Crippen molar-refractivity contribution >= 4 is 61.2 Å². The van der Waals surface area contributed by atoms with Crippen molar-refractivity contribution < 1.29 is 46.9 Å². The first-order chi connectivity index (χ1) is 42.9. The Kier molecular flexibility index (Phi) is 16.9. The van der Waals surface area contributed by atoms with Crippen molar-refractivity contribution in [2.45, 2.75) is 132 Å². The van der Waals surface area contributed by atoms with Gasteiger partial charge in [-0.25, -0.2) is 18.1 Å². The van der Waals surface area contributed by atoms with Crippen LogP contribution in [-0.2, 0) is 19.5 Å². The number of sulfonamides is 1. The summed E-state index contributed by atoms with van der Waals surface area (Å²) in [5.74, 6) is 2.21. The Balaban J connectivity index is 0.749. The van der Waals surface area contributed by atoms with Crippen LogP contribution in [0.2, 0.25) is 0 Å². The Morgan fingerprint density at radius 1 is 0.888 bits per heavy atom. The number of nitro groups is 1. The maximum absolute atomic E-state index is 14.9. The van der Waals surface area contributed by atoms with Gasteiger partial charge in [-0.15, -0.1) is 0 Å². The van der Waals surface area contributed by atoms with Gasteiger partial charge in [0, 0.05) is 106 Å². The van der Waals surface area contributed by atoms with Crippen LogP contribution in [0.25, 0.3) is 11.0 Å². The highest BCUT2D eigenvalue weighted by Crippen LogP contribution is 2.54. The molecule has 4 N–H and O–H groups in total. The number of methoxy groups -OCH3 is 1. The lowest BCUT2D eigenvalue weighted by molar-refractivity contribution is -0.384. The number of ether oxygens (including phenoxy) is 5.